The number of hydrogen-bond acceptors (Lipinski definition) is 5. The zero-order valence-corrected chi connectivity index (χ0v) is 13.3. The molecule has 7 heteroatoms. The van der Waals surface area contributed by atoms with E-state index >= 15 is 0 Å². The standard InChI is InChI=1S/C15H23FN4O2/c1-15(2,3)22-14(21)19-10-12-6-4-5-7-20(12)13-17-8-11(16)9-18-13/h8-9,12H,4-7,10H2,1-3H3,(H,19,21)/t12-/m1/s1. The monoisotopic (exact) mass is 310 g/mol. The number of nitrogens with one attached hydrogen (secondary N) is 1. The van der Waals surface area contributed by atoms with Crippen LogP contribution in [0.4, 0.5) is 15.1 Å². The van der Waals surface area contributed by atoms with Crippen LogP contribution in [0.15, 0.2) is 12.4 Å². The maximum absolute atomic E-state index is 12.9. The Morgan fingerprint density at radius 2 is 2.09 bits per heavy atom. The molecule has 1 atom stereocenters. The molecule has 22 heavy (non-hydrogen) atoms. The molecule has 1 aromatic rings. The van der Waals surface area contributed by atoms with Crippen molar-refractivity contribution in [1.29, 1.82) is 0 Å². The highest BCUT2D eigenvalue weighted by Gasteiger charge is 2.26. The predicted molar refractivity (Wildman–Crippen MR) is 81.2 cm³/mol. The molecule has 1 aliphatic heterocycles. The summed E-state index contributed by atoms with van der Waals surface area (Å²) in [7, 11) is 0. The summed E-state index contributed by atoms with van der Waals surface area (Å²) in [4.78, 5) is 21.8. The topological polar surface area (TPSA) is 67.3 Å². The van der Waals surface area contributed by atoms with E-state index in [2.05, 4.69) is 15.3 Å². The van der Waals surface area contributed by atoms with Crippen molar-refractivity contribution in [2.45, 2.75) is 51.7 Å². The van der Waals surface area contributed by atoms with Crippen LogP contribution in [0, 0.1) is 5.82 Å². The summed E-state index contributed by atoms with van der Waals surface area (Å²) in [6.45, 7) is 6.73. The van der Waals surface area contributed by atoms with Gasteiger partial charge in [-0.25, -0.2) is 19.2 Å². The van der Waals surface area contributed by atoms with Crippen LogP contribution in [0.1, 0.15) is 40.0 Å². The Morgan fingerprint density at radius 1 is 1.41 bits per heavy atom. The Kier molecular flexibility index (Phi) is 5.15. The molecule has 0 unspecified atom stereocenters. The number of amides is 1. The van der Waals surface area contributed by atoms with E-state index in [1.807, 2.05) is 25.7 Å². The molecule has 0 aliphatic carbocycles. The van der Waals surface area contributed by atoms with Crippen molar-refractivity contribution in [3.63, 3.8) is 0 Å². The lowest BCUT2D eigenvalue weighted by molar-refractivity contribution is 0.0522. The highest BCUT2D eigenvalue weighted by molar-refractivity contribution is 5.67. The fourth-order valence-electron chi connectivity index (χ4n) is 2.45. The number of nitrogens with zero attached hydrogens (tertiary/aromatic N) is 3. The molecule has 122 valence electrons. The molecule has 0 spiro atoms. The fraction of sp³-hybridized carbons (Fsp3) is 0.667. The van der Waals surface area contributed by atoms with Crippen molar-refractivity contribution in [3.8, 4) is 0 Å². The average molecular weight is 310 g/mol. The number of carbonyl (C=O) groups excluding carboxylic acids is 1. The van der Waals surface area contributed by atoms with Gasteiger partial charge in [-0.15, -0.1) is 0 Å². The van der Waals surface area contributed by atoms with Gasteiger partial charge in [0.1, 0.15) is 5.60 Å². The number of carbonyl (C=O) groups is 1. The summed E-state index contributed by atoms with van der Waals surface area (Å²) in [5.41, 5.74) is -0.517. The molecule has 1 amide bonds. The van der Waals surface area contributed by atoms with Crippen LogP contribution in [0.2, 0.25) is 0 Å². The Labute approximate surface area is 130 Å². The highest BCUT2D eigenvalue weighted by Crippen LogP contribution is 2.21. The summed E-state index contributed by atoms with van der Waals surface area (Å²) in [6, 6.07) is 0.0896. The summed E-state index contributed by atoms with van der Waals surface area (Å²) in [5.74, 6) is 0.0429. The Hall–Kier alpha value is -1.92. The quantitative estimate of drug-likeness (QED) is 0.929. The van der Waals surface area contributed by atoms with Crippen LogP contribution in [0.5, 0.6) is 0 Å². The van der Waals surface area contributed by atoms with E-state index in [9.17, 15) is 9.18 Å². The minimum absolute atomic E-state index is 0.0896. The van der Waals surface area contributed by atoms with E-state index in [-0.39, 0.29) is 6.04 Å². The van der Waals surface area contributed by atoms with Gasteiger partial charge in [-0.3, -0.25) is 0 Å². The molecule has 2 rings (SSSR count). The molecule has 0 radical (unpaired) electrons. The lowest BCUT2D eigenvalue weighted by atomic mass is 10.0. The largest absolute Gasteiger partial charge is 0.444 e. The van der Waals surface area contributed by atoms with Gasteiger partial charge in [-0.1, -0.05) is 0 Å². The molecule has 2 heterocycles. The van der Waals surface area contributed by atoms with E-state index < -0.39 is 17.5 Å². The van der Waals surface area contributed by atoms with Crippen LogP contribution in [-0.4, -0.2) is 40.8 Å². The van der Waals surface area contributed by atoms with Gasteiger partial charge in [0.15, 0.2) is 5.82 Å². The van der Waals surface area contributed by atoms with E-state index in [1.54, 1.807) is 0 Å². The Bertz CT molecular complexity index is 501. The van der Waals surface area contributed by atoms with E-state index in [4.69, 9.17) is 4.74 Å². The molecule has 1 saturated heterocycles. The molecule has 1 N–H and O–H groups in total. The van der Waals surface area contributed by atoms with Crippen molar-refractivity contribution < 1.29 is 13.9 Å². The Morgan fingerprint density at radius 3 is 2.73 bits per heavy atom. The van der Waals surface area contributed by atoms with Crippen molar-refractivity contribution in [3.05, 3.63) is 18.2 Å². The summed E-state index contributed by atoms with van der Waals surface area (Å²) in [5, 5.41) is 2.79. The molecule has 0 saturated carbocycles. The highest BCUT2D eigenvalue weighted by atomic mass is 19.1. The molecular formula is C15H23FN4O2. The van der Waals surface area contributed by atoms with Gasteiger partial charge >= 0.3 is 6.09 Å². The SMILES string of the molecule is CC(C)(C)OC(=O)NC[C@H]1CCCCN1c1ncc(F)cn1. The van der Waals surface area contributed by atoms with Crippen LogP contribution in [0.3, 0.4) is 0 Å². The third kappa shape index (κ3) is 4.82. The fourth-order valence-corrected chi connectivity index (χ4v) is 2.45. The van der Waals surface area contributed by atoms with Crippen molar-refractivity contribution in [1.82, 2.24) is 15.3 Å². The maximum Gasteiger partial charge on any atom is 0.407 e. The van der Waals surface area contributed by atoms with Gasteiger partial charge < -0.3 is 15.0 Å². The third-order valence-corrected chi connectivity index (χ3v) is 3.37. The number of ether oxygens (including phenoxy) is 1. The van der Waals surface area contributed by atoms with Gasteiger partial charge in [-0.2, -0.15) is 0 Å². The Balaban J connectivity index is 1.95. The average Bonchev–Trinajstić information content (AvgIpc) is 2.45. The smallest absolute Gasteiger partial charge is 0.407 e. The second-order valence-electron chi connectivity index (χ2n) is 6.43. The first kappa shape index (κ1) is 16.5. The van der Waals surface area contributed by atoms with Crippen LogP contribution >= 0.6 is 0 Å². The summed E-state index contributed by atoms with van der Waals surface area (Å²) < 4.78 is 18.2. The number of alkyl carbamates (subject to hydrolysis) is 1. The van der Waals surface area contributed by atoms with Gasteiger partial charge in [0.2, 0.25) is 5.95 Å². The first-order valence-electron chi connectivity index (χ1n) is 7.56. The second-order valence-corrected chi connectivity index (χ2v) is 6.43. The van der Waals surface area contributed by atoms with E-state index in [0.717, 1.165) is 38.2 Å². The third-order valence-electron chi connectivity index (χ3n) is 3.37. The minimum atomic E-state index is -0.517. The number of rotatable bonds is 3. The van der Waals surface area contributed by atoms with Crippen molar-refractivity contribution in [2.24, 2.45) is 0 Å². The first-order valence-corrected chi connectivity index (χ1v) is 7.56. The van der Waals surface area contributed by atoms with Gasteiger partial charge in [-0.05, 0) is 40.0 Å². The zero-order chi connectivity index (χ0) is 16.2. The summed E-state index contributed by atoms with van der Waals surface area (Å²) in [6.07, 6.45) is 4.93. The molecule has 1 aliphatic rings. The van der Waals surface area contributed by atoms with Gasteiger partial charge in [0.05, 0.1) is 12.4 Å². The van der Waals surface area contributed by atoms with Gasteiger partial charge in [0, 0.05) is 19.1 Å². The normalized spacial score (nSPS) is 18.9. The lowest BCUT2D eigenvalue weighted by Crippen LogP contribution is -2.48. The molecule has 6 nitrogen and oxygen atoms in total. The van der Waals surface area contributed by atoms with Crippen molar-refractivity contribution in [2.75, 3.05) is 18.0 Å². The number of anilines is 1. The van der Waals surface area contributed by atoms with E-state index in [0.29, 0.717) is 12.5 Å². The number of aromatic nitrogens is 2. The molecule has 1 fully saturated rings. The maximum atomic E-state index is 12.9. The number of piperidine rings is 1. The molecule has 0 bridgehead atoms. The lowest BCUT2D eigenvalue weighted by Gasteiger charge is -2.35. The van der Waals surface area contributed by atoms with Gasteiger partial charge in [0.25, 0.3) is 0 Å². The number of halogens is 1. The second kappa shape index (κ2) is 6.89. The predicted octanol–water partition coefficient (Wildman–Crippen LogP) is 2.50. The molecule has 1 aromatic heterocycles. The van der Waals surface area contributed by atoms with Crippen LogP contribution in [0.25, 0.3) is 0 Å². The molecule has 0 aromatic carbocycles. The van der Waals surface area contributed by atoms with Crippen molar-refractivity contribution >= 4 is 12.0 Å². The zero-order valence-electron chi connectivity index (χ0n) is 13.3. The van der Waals surface area contributed by atoms with Crippen LogP contribution < -0.4 is 10.2 Å². The number of hydrogen-bond donors (Lipinski definition) is 1. The molecular weight excluding hydrogens is 287 g/mol. The summed E-state index contributed by atoms with van der Waals surface area (Å²) >= 11 is 0. The van der Waals surface area contributed by atoms with E-state index in [1.165, 1.54) is 0 Å². The van der Waals surface area contributed by atoms with Crippen LogP contribution in [-0.2, 0) is 4.74 Å². The minimum Gasteiger partial charge on any atom is -0.444 e. The first-order chi connectivity index (χ1) is 10.3.